The van der Waals surface area contributed by atoms with Crippen molar-refractivity contribution in [2.45, 2.75) is 57.8 Å². The topological polar surface area (TPSA) is 110 Å². The molecule has 0 radical (unpaired) electrons. The first-order valence-corrected chi connectivity index (χ1v) is 11.3. The zero-order chi connectivity index (χ0) is 23.6. The number of hydrogen-bond donors (Lipinski definition) is 2. The van der Waals surface area contributed by atoms with Crippen molar-refractivity contribution in [2.24, 2.45) is 0 Å². The zero-order valence-corrected chi connectivity index (χ0v) is 19.4. The van der Waals surface area contributed by atoms with Crippen LogP contribution in [-0.4, -0.2) is 45.3 Å². The molecule has 2 atom stereocenters. The number of hydrogen-bond acceptors (Lipinski definition) is 7. The highest BCUT2D eigenvalue weighted by molar-refractivity contribution is 8.15. The van der Waals surface area contributed by atoms with Crippen LogP contribution in [0.2, 0.25) is 0 Å². The number of Topliss-reactive ketones (excluding diaryl/α,β-unsaturated/α-hetero) is 2. The molecule has 1 aromatic rings. The van der Waals surface area contributed by atoms with E-state index in [9.17, 15) is 24.3 Å². The van der Waals surface area contributed by atoms with Gasteiger partial charge in [0.25, 0.3) is 5.24 Å². The maximum absolute atomic E-state index is 12.6. The van der Waals surface area contributed by atoms with Gasteiger partial charge in [0.15, 0.2) is 11.6 Å². The van der Waals surface area contributed by atoms with Crippen molar-refractivity contribution in [3.8, 4) is 5.75 Å². The molecule has 1 fully saturated rings. The Balaban J connectivity index is 1.54. The number of nitrogens with one attached hydrogen (secondary N) is 1. The Morgan fingerprint density at radius 2 is 1.62 bits per heavy atom. The quantitative estimate of drug-likeness (QED) is 0.577. The number of allylic oxidation sites excluding steroid dienone is 4. The van der Waals surface area contributed by atoms with E-state index >= 15 is 0 Å². The van der Waals surface area contributed by atoms with Crippen LogP contribution < -0.4 is 10.1 Å². The SMILES string of the molecule is CC1=C(C)C(=O)C(CCC(C)(O)COc2ccc(CC3SC(=O)NC3=O)cc2)=C(C)C1=O. The maximum atomic E-state index is 12.6. The number of ketones is 2. The Kier molecular flexibility index (Phi) is 7.05. The van der Waals surface area contributed by atoms with Crippen molar-refractivity contribution in [1.82, 2.24) is 5.32 Å². The molecule has 2 unspecified atom stereocenters. The molecule has 2 N–H and O–H groups in total. The number of ether oxygens (including phenoxy) is 1. The van der Waals surface area contributed by atoms with Crippen LogP contribution in [0.1, 0.15) is 46.1 Å². The first-order valence-electron chi connectivity index (χ1n) is 10.4. The average molecular weight is 458 g/mol. The van der Waals surface area contributed by atoms with Crippen molar-refractivity contribution in [3.63, 3.8) is 0 Å². The highest BCUT2D eigenvalue weighted by Gasteiger charge is 2.32. The van der Waals surface area contributed by atoms with Gasteiger partial charge < -0.3 is 9.84 Å². The minimum absolute atomic E-state index is 0.0179. The standard InChI is InChI=1S/C24H27NO6S/c1-13-14(2)21(27)18(15(3)20(13)26)9-10-24(4,30)12-31-17-7-5-16(6-8-17)11-19-22(28)25-23(29)32-19/h5-8,19,30H,9-12H2,1-4H3,(H,25,28,29). The summed E-state index contributed by atoms with van der Waals surface area (Å²) in [6, 6.07) is 7.13. The van der Waals surface area contributed by atoms with Gasteiger partial charge in [0.1, 0.15) is 12.4 Å². The van der Waals surface area contributed by atoms with Gasteiger partial charge in [0, 0.05) is 22.3 Å². The molecule has 1 aromatic carbocycles. The predicted molar refractivity (Wildman–Crippen MR) is 122 cm³/mol. The van der Waals surface area contributed by atoms with Crippen LogP contribution in [0, 0.1) is 0 Å². The third-order valence-corrected chi connectivity index (χ3v) is 6.87. The molecule has 1 aliphatic carbocycles. The normalized spacial score (nSPS) is 21.2. The van der Waals surface area contributed by atoms with Crippen molar-refractivity contribution < 1.29 is 29.0 Å². The molecular formula is C24H27NO6S. The largest absolute Gasteiger partial charge is 0.491 e. The van der Waals surface area contributed by atoms with Gasteiger partial charge in [0.05, 0.1) is 10.9 Å². The van der Waals surface area contributed by atoms with E-state index in [1.807, 2.05) is 12.1 Å². The molecule has 170 valence electrons. The number of benzene rings is 1. The fourth-order valence-electron chi connectivity index (χ4n) is 3.63. The van der Waals surface area contributed by atoms with Gasteiger partial charge in [-0.1, -0.05) is 23.9 Å². The zero-order valence-electron chi connectivity index (χ0n) is 18.6. The lowest BCUT2D eigenvalue weighted by Gasteiger charge is -2.25. The fourth-order valence-corrected chi connectivity index (χ4v) is 4.48. The summed E-state index contributed by atoms with van der Waals surface area (Å²) in [5.74, 6) is 0.0247. The summed E-state index contributed by atoms with van der Waals surface area (Å²) in [7, 11) is 0. The van der Waals surface area contributed by atoms with Crippen molar-refractivity contribution >= 4 is 34.5 Å². The maximum Gasteiger partial charge on any atom is 0.286 e. The lowest BCUT2D eigenvalue weighted by atomic mass is 9.82. The molecule has 0 saturated carbocycles. The number of aliphatic hydroxyl groups is 1. The van der Waals surface area contributed by atoms with Crippen LogP contribution in [0.3, 0.4) is 0 Å². The van der Waals surface area contributed by atoms with E-state index < -0.39 is 10.9 Å². The van der Waals surface area contributed by atoms with Crippen LogP contribution in [0.15, 0.2) is 46.6 Å². The Morgan fingerprint density at radius 1 is 1.00 bits per heavy atom. The molecule has 1 aliphatic heterocycles. The van der Waals surface area contributed by atoms with Gasteiger partial charge in [0.2, 0.25) is 5.91 Å². The van der Waals surface area contributed by atoms with E-state index in [1.165, 1.54) is 0 Å². The van der Waals surface area contributed by atoms with Gasteiger partial charge >= 0.3 is 0 Å². The Bertz CT molecular complexity index is 1040. The average Bonchev–Trinajstić information content (AvgIpc) is 3.07. The fraction of sp³-hybridized carbons (Fsp3) is 0.417. The molecular weight excluding hydrogens is 430 g/mol. The molecule has 7 nitrogen and oxygen atoms in total. The molecule has 1 heterocycles. The van der Waals surface area contributed by atoms with E-state index in [4.69, 9.17) is 4.74 Å². The summed E-state index contributed by atoms with van der Waals surface area (Å²) in [6.07, 6.45) is 0.996. The second-order valence-electron chi connectivity index (χ2n) is 8.53. The number of amides is 2. The lowest BCUT2D eigenvalue weighted by molar-refractivity contribution is -0.119. The minimum Gasteiger partial charge on any atom is -0.491 e. The number of thioether (sulfide) groups is 1. The van der Waals surface area contributed by atoms with Crippen molar-refractivity contribution in [1.29, 1.82) is 0 Å². The lowest BCUT2D eigenvalue weighted by Crippen LogP contribution is -2.33. The van der Waals surface area contributed by atoms with Crippen LogP contribution in [0.5, 0.6) is 5.75 Å². The predicted octanol–water partition coefficient (Wildman–Crippen LogP) is 3.30. The summed E-state index contributed by atoms with van der Waals surface area (Å²) < 4.78 is 5.72. The van der Waals surface area contributed by atoms with Crippen LogP contribution in [0.4, 0.5) is 4.79 Å². The monoisotopic (exact) mass is 457 g/mol. The van der Waals surface area contributed by atoms with E-state index in [2.05, 4.69) is 5.32 Å². The third-order valence-electron chi connectivity index (χ3n) is 5.89. The van der Waals surface area contributed by atoms with Crippen molar-refractivity contribution in [3.05, 3.63) is 52.1 Å². The van der Waals surface area contributed by atoms with E-state index in [-0.39, 0.29) is 42.2 Å². The van der Waals surface area contributed by atoms with Crippen LogP contribution in [0.25, 0.3) is 0 Å². The molecule has 2 aliphatic rings. The summed E-state index contributed by atoms with van der Waals surface area (Å²) in [6.45, 7) is 6.62. The van der Waals surface area contributed by atoms with Gasteiger partial charge in [-0.2, -0.15) is 0 Å². The molecule has 1 saturated heterocycles. The molecule has 0 aromatic heterocycles. The van der Waals surface area contributed by atoms with E-state index in [0.29, 0.717) is 34.5 Å². The molecule has 3 rings (SSSR count). The third kappa shape index (κ3) is 5.37. The minimum atomic E-state index is -1.20. The number of rotatable bonds is 8. The molecule has 8 heteroatoms. The molecule has 0 bridgehead atoms. The molecule has 0 spiro atoms. The highest BCUT2D eigenvalue weighted by atomic mass is 32.2. The first kappa shape index (κ1) is 23.9. The second-order valence-corrected chi connectivity index (χ2v) is 9.70. The number of carbonyl (C=O) groups is 4. The van der Waals surface area contributed by atoms with Gasteiger partial charge in [-0.3, -0.25) is 24.5 Å². The number of imide groups is 1. The summed E-state index contributed by atoms with van der Waals surface area (Å²) in [4.78, 5) is 47.8. The Morgan fingerprint density at radius 3 is 2.22 bits per heavy atom. The van der Waals surface area contributed by atoms with Crippen LogP contribution >= 0.6 is 11.8 Å². The highest BCUT2D eigenvalue weighted by Crippen LogP contribution is 2.29. The van der Waals surface area contributed by atoms with Crippen molar-refractivity contribution in [2.75, 3.05) is 6.61 Å². The summed E-state index contributed by atoms with van der Waals surface area (Å²) >= 11 is 0.989. The second kappa shape index (κ2) is 9.42. The van der Waals surface area contributed by atoms with Crippen LogP contribution in [-0.2, 0) is 20.8 Å². The summed E-state index contributed by atoms with van der Waals surface area (Å²) in [5, 5.41) is 12.2. The van der Waals surface area contributed by atoms with E-state index in [1.54, 1.807) is 39.8 Å². The number of carbonyl (C=O) groups excluding carboxylic acids is 4. The van der Waals surface area contributed by atoms with E-state index in [0.717, 1.165) is 17.3 Å². The van der Waals surface area contributed by atoms with Gasteiger partial charge in [-0.25, -0.2) is 0 Å². The summed E-state index contributed by atoms with van der Waals surface area (Å²) in [5.41, 5.74) is 1.54. The smallest absolute Gasteiger partial charge is 0.286 e. The molecule has 32 heavy (non-hydrogen) atoms. The first-order chi connectivity index (χ1) is 15.0. The Hall–Kier alpha value is -2.71. The van der Waals surface area contributed by atoms with Gasteiger partial charge in [-0.05, 0) is 64.7 Å². The Labute approximate surface area is 191 Å². The molecule has 2 amide bonds. The van der Waals surface area contributed by atoms with Gasteiger partial charge in [-0.15, -0.1) is 0 Å².